The molecule has 0 aliphatic heterocycles. The Bertz CT molecular complexity index is 854. The van der Waals surface area contributed by atoms with Crippen molar-refractivity contribution in [1.29, 1.82) is 0 Å². The summed E-state index contributed by atoms with van der Waals surface area (Å²) in [6.07, 6.45) is 1.89. The van der Waals surface area contributed by atoms with Crippen LogP contribution in [0.25, 0.3) is 11.3 Å². The average molecular weight is 337 g/mol. The van der Waals surface area contributed by atoms with E-state index in [-0.39, 0.29) is 0 Å². The van der Waals surface area contributed by atoms with Gasteiger partial charge >= 0.3 is 0 Å². The Balaban J connectivity index is 1.72. The molecule has 7 heteroatoms. The highest BCUT2D eigenvalue weighted by Gasteiger charge is 2.07. The maximum absolute atomic E-state index is 11.3. The molecule has 0 unspecified atom stereocenters. The van der Waals surface area contributed by atoms with Gasteiger partial charge < -0.3 is 4.90 Å². The van der Waals surface area contributed by atoms with Crippen molar-refractivity contribution < 1.29 is 10.0 Å². The Morgan fingerprint density at radius 1 is 1.12 bits per heavy atom. The van der Waals surface area contributed by atoms with Gasteiger partial charge in [0.15, 0.2) is 0 Å². The van der Waals surface area contributed by atoms with E-state index in [4.69, 9.17) is 5.21 Å². The van der Waals surface area contributed by atoms with Gasteiger partial charge in [0.1, 0.15) is 5.69 Å². The molecule has 1 heterocycles. The van der Waals surface area contributed by atoms with E-state index in [2.05, 4.69) is 10.3 Å². The zero-order valence-electron chi connectivity index (χ0n) is 14.0. The fourth-order valence-corrected chi connectivity index (χ4v) is 2.45. The number of anilines is 1. The quantitative estimate of drug-likeness (QED) is 0.551. The first-order valence-corrected chi connectivity index (χ1v) is 7.78. The van der Waals surface area contributed by atoms with Gasteiger partial charge in [-0.1, -0.05) is 29.5 Å². The molecular formula is C18H19N5O2. The van der Waals surface area contributed by atoms with Gasteiger partial charge in [-0.15, -0.1) is 5.10 Å². The lowest BCUT2D eigenvalue weighted by molar-refractivity contribution is 0.0706. The number of carbonyl (C=O) groups is 1. The first-order valence-electron chi connectivity index (χ1n) is 7.78. The summed E-state index contributed by atoms with van der Waals surface area (Å²) in [4.78, 5) is 13.4. The molecule has 0 saturated carbocycles. The van der Waals surface area contributed by atoms with Gasteiger partial charge in [0, 0.05) is 30.9 Å². The van der Waals surface area contributed by atoms with Crippen LogP contribution in [0.2, 0.25) is 0 Å². The third-order valence-corrected chi connectivity index (χ3v) is 3.88. The number of hydrogen-bond acceptors (Lipinski definition) is 5. The second-order valence-corrected chi connectivity index (χ2v) is 5.88. The first kappa shape index (κ1) is 16.7. The summed E-state index contributed by atoms with van der Waals surface area (Å²) in [6.45, 7) is 0.545. The van der Waals surface area contributed by atoms with Crippen LogP contribution in [0.4, 0.5) is 5.69 Å². The van der Waals surface area contributed by atoms with Crippen LogP contribution in [-0.2, 0) is 6.54 Å². The van der Waals surface area contributed by atoms with Gasteiger partial charge in [-0.05, 0) is 29.8 Å². The monoisotopic (exact) mass is 337 g/mol. The molecule has 25 heavy (non-hydrogen) atoms. The summed E-state index contributed by atoms with van der Waals surface area (Å²) in [7, 11) is 4.00. The molecule has 0 bridgehead atoms. The van der Waals surface area contributed by atoms with Crippen molar-refractivity contribution in [3.8, 4) is 11.3 Å². The molecule has 0 aliphatic carbocycles. The van der Waals surface area contributed by atoms with Crippen LogP contribution in [0.3, 0.4) is 0 Å². The molecule has 1 aromatic heterocycles. The topological polar surface area (TPSA) is 83.3 Å². The Labute approximate surface area is 145 Å². The molecule has 2 N–H and O–H groups in total. The maximum atomic E-state index is 11.3. The number of nitrogens with zero attached hydrogens (tertiary/aromatic N) is 4. The van der Waals surface area contributed by atoms with Crippen LogP contribution in [0.15, 0.2) is 54.7 Å². The molecule has 0 fully saturated rings. The lowest BCUT2D eigenvalue weighted by atomic mass is 10.1. The predicted molar refractivity (Wildman–Crippen MR) is 94.6 cm³/mol. The summed E-state index contributed by atoms with van der Waals surface area (Å²) in [5.41, 5.74) is 5.93. The summed E-state index contributed by atoms with van der Waals surface area (Å²) in [5.74, 6) is -0.532. The molecule has 0 spiro atoms. The van der Waals surface area contributed by atoms with Crippen molar-refractivity contribution in [1.82, 2.24) is 20.5 Å². The second-order valence-electron chi connectivity index (χ2n) is 5.88. The Morgan fingerprint density at radius 3 is 2.40 bits per heavy atom. The summed E-state index contributed by atoms with van der Waals surface area (Å²) >= 11 is 0. The zero-order valence-corrected chi connectivity index (χ0v) is 14.0. The number of hydroxylamine groups is 1. The minimum absolute atomic E-state index is 0.395. The van der Waals surface area contributed by atoms with Crippen LogP contribution >= 0.6 is 0 Å². The number of nitrogens with one attached hydrogen (secondary N) is 1. The maximum Gasteiger partial charge on any atom is 0.274 e. The van der Waals surface area contributed by atoms with Crippen LogP contribution < -0.4 is 10.4 Å². The van der Waals surface area contributed by atoms with Gasteiger partial charge in [-0.3, -0.25) is 10.0 Å². The van der Waals surface area contributed by atoms with E-state index >= 15 is 0 Å². The van der Waals surface area contributed by atoms with E-state index in [9.17, 15) is 4.79 Å². The molecule has 2 aromatic carbocycles. The smallest absolute Gasteiger partial charge is 0.274 e. The third-order valence-electron chi connectivity index (χ3n) is 3.88. The number of carbonyl (C=O) groups excluding carboxylic acids is 1. The largest absolute Gasteiger partial charge is 0.378 e. The molecule has 3 rings (SSSR count). The highest BCUT2D eigenvalue weighted by Crippen LogP contribution is 2.20. The molecular weight excluding hydrogens is 318 g/mol. The predicted octanol–water partition coefficient (Wildman–Crippen LogP) is 2.18. The molecule has 1 amide bonds. The molecule has 3 aromatic rings. The van der Waals surface area contributed by atoms with Crippen LogP contribution in [0, 0.1) is 0 Å². The van der Waals surface area contributed by atoms with E-state index in [1.165, 1.54) is 0 Å². The van der Waals surface area contributed by atoms with Gasteiger partial charge in [0.25, 0.3) is 5.91 Å². The molecule has 128 valence electrons. The highest BCUT2D eigenvalue weighted by atomic mass is 16.5. The van der Waals surface area contributed by atoms with Gasteiger partial charge in [0.2, 0.25) is 0 Å². The fourth-order valence-electron chi connectivity index (χ4n) is 2.45. The number of amides is 1. The van der Waals surface area contributed by atoms with E-state index in [0.717, 1.165) is 22.5 Å². The number of benzene rings is 2. The van der Waals surface area contributed by atoms with Gasteiger partial charge in [-0.25, -0.2) is 10.2 Å². The number of hydrogen-bond donors (Lipinski definition) is 2. The van der Waals surface area contributed by atoms with E-state index in [0.29, 0.717) is 12.1 Å². The highest BCUT2D eigenvalue weighted by molar-refractivity contribution is 5.93. The second kappa shape index (κ2) is 7.14. The summed E-state index contributed by atoms with van der Waals surface area (Å²) < 4.78 is 1.75. The van der Waals surface area contributed by atoms with Crippen LogP contribution in [0.5, 0.6) is 0 Å². The first-order chi connectivity index (χ1) is 12.1. The van der Waals surface area contributed by atoms with Crippen molar-refractivity contribution in [2.24, 2.45) is 0 Å². The van der Waals surface area contributed by atoms with Crippen molar-refractivity contribution in [2.75, 3.05) is 19.0 Å². The van der Waals surface area contributed by atoms with Crippen molar-refractivity contribution in [3.05, 3.63) is 65.9 Å². The van der Waals surface area contributed by atoms with Gasteiger partial charge in [-0.2, -0.15) is 0 Å². The van der Waals surface area contributed by atoms with E-state index < -0.39 is 5.91 Å². The summed E-state index contributed by atoms with van der Waals surface area (Å²) in [5, 5.41) is 17.0. The van der Waals surface area contributed by atoms with Crippen molar-refractivity contribution in [2.45, 2.75) is 6.54 Å². The number of rotatable bonds is 5. The number of aromatic nitrogens is 3. The molecule has 0 saturated heterocycles. The average Bonchev–Trinajstić information content (AvgIpc) is 3.10. The van der Waals surface area contributed by atoms with Crippen molar-refractivity contribution >= 4 is 11.6 Å². The zero-order chi connectivity index (χ0) is 17.8. The minimum atomic E-state index is -0.532. The minimum Gasteiger partial charge on any atom is -0.378 e. The van der Waals surface area contributed by atoms with Crippen molar-refractivity contribution in [3.63, 3.8) is 0 Å². The van der Waals surface area contributed by atoms with Crippen LogP contribution in [0.1, 0.15) is 15.9 Å². The Morgan fingerprint density at radius 2 is 1.80 bits per heavy atom. The lowest BCUT2D eigenvalue weighted by Gasteiger charge is -2.11. The molecule has 0 aliphatic rings. The third kappa shape index (κ3) is 3.84. The van der Waals surface area contributed by atoms with Gasteiger partial charge in [0.05, 0.1) is 12.7 Å². The Hall–Kier alpha value is -3.19. The normalized spacial score (nSPS) is 10.5. The SMILES string of the molecule is CN(C)c1ccc(-c2cn(Cc3ccc(C(=O)NO)cc3)nn2)cc1. The van der Waals surface area contributed by atoms with E-state index in [1.807, 2.05) is 61.6 Å². The standard InChI is InChI=1S/C18H19N5O2/c1-22(2)16-9-7-14(8-10-16)17-12-23(21-19-17)11-13-3-5-15(6-4-13)18(24)20-25/h3-10,12,25H,11H2,1-2H3,(H,20,24). The van der Waals surface area contributed by atoms with Crippen LogP contribution in [-0.4, -0.2) is 40.2 Å². The summed E-state index contributed by atoms with van der Waals surface area (Å²) in [6, 6.07) is 15.1. The molecule has 7 nitrogen and oxygen atoms in total. The molecule has 0 radical (unpaired) electrons. The Kier molecular flexibility index (Phi) is 4.76. The lowest BCUT2D eigenvalue weighted by Crippen LogP contribution is -2.18. The fraction of sp³-hybridized carbons (Fsp3) is 0.167. The van der Waals surface area contributed by atoms with E-state index in [1.54, 1.807) is 22.3 Å². The molecule has 0 atom stereocenters.